The predicted molar refractivity (Wildman–Crippen MR) is 62.4 cm³/mol. The maximum absolute atomic E-state index is 10.6. The van der Waals surface area contributed by atoms with E-state index in [-0.39, 0.29) is 5.92 Å². The van der Waals surface area contributed by atoms with Gasteiger partial charge in [0.15, 0.2) is 0 Å². The SMILES string of the molecule is CCc1cnc(N2CCC(C=O)CC2)nc1. The molecule has 86 valence electrons. The molecule has 2 rings (SSSR count). The van der Waals surface area contributed by atoms with Gasteiger partial charge < -0.3 is 9.69 Å². The molecule has 1 saturated heterocycles. The van der Waals surface area contributed by atoms with Crippen molar-refractivity contribution in [1.29, 1.82) is 0 Å². The number of hydrogen-bond acceptors (Lipinski definition) is 4. The van der Waals surface area contributed by atoms with Crippen molar-refractivity contribution in [3.05, 3.63) is 18.0 Å². The number of aryl methyl sites for hydroxylation is 1. The van der Waals surface area contributed by atoms with Gasteiger partial charge >= 0.3 is 0 Å². The van der Waals surface area contributed by atoms with Gasteiger partial charge in [-0.1, -0.05) is 6.92 Å². The molecule has 0 unspecified atom stereocenters. The third kappa shape index (κ3) is 2.38. The van der Waals surface area contributed by atoms with Gasteiger partial charge in [0, 0.05) is 31.4 Å². The lowest BCUT2D eigenvalue weighted by molar-refractivity contribution is -0.111. The normalized spacial score (nSPS) is 17.4. The number of piperidine rings is 1. The summed E-state index contributed by atoms with van der Waals surface area (Å²) in [7, 11) is 0. The summed E-state index contributed by atoms with van der Waals surface area (Å²) in [5, 5.41) is 0. The van der Waals surface area contributed by atoms with Crippen molar-refractivity contribution in [2.24, 2.45) is 5.92 Å². The molecule has 0 aromatic carbocycles. The fourth-order valence-electron chi connectivity index (χ4n) is 1.93. The first-order valence-electron chi connectivity index (χ1n) is 5.84. The molecule has 1 aromatic rings. The predicted octanol–water partition coefficient (Wildman–Crippen LogP) is 1.45. The van der Waals surface area contributed by atoms with Crippen LogP contribution < -0.4 is 4.90 Å². The maximum atomic E-state index is 10.6. The molecule has 4 nitrogen and oxygen atoms in total. The molecule has 0 radical (unpaired) electrons. The van der Waals surface area contributed by atoms with Crippen molar-refractivity contribution in [1.82, 2.24) is 9.97 Å². The van der Waals surface area contributed by atoms with E-state index in [1.54, 1.807) is 0 Å². The van der Waals surface area contributed by atoms with E-state index in [4.69, 9.17) is 0 Å². The van der Waals surface area contributed by atoms with Crippen molar-refractivity contribution < 1.29 is 4.79 Å². The Balaban J connectivity index is 1.99. The van der Waals surface area contributed by atoms with Crippen LogP contribution in [0, 0.1) is 5.92 Å². The van der Waals surface area contributed by atoms with Crippen LogP contribution in [0.1, 0.15) is 25.3 Å². The van der Waals surface area contributed by atoms with E-state index in [1.807, 2.05) is 12.4 Å². The Morgan fingerprint density at radius 2 is 2.00 bits per heavy atom. The molecule has 0 aliphatic carbocycles. The largest absolute Gasteiger partial charge is 0.341 e. The van der Waals surface area contributed by atoms with Crippen molar-refractivity contribution in [2.75, 3.05) is 18.0 Å². The Bertz CT molecular complexity index is 342. The second kappa shape index (κ2) is 5.05. The second-order valence-electron chi connectivity index (χ2n) is 4.21. The summed E-state index contributed by atoms with van der Waals surface area (Å²) in [4.78, 5) is 21.5. The smallest absolute Gasteiger partial charge is 0.225 e. The maximum Gasteiger partial charge on any atom is 0.225 e. The summed E-state index contributed by atoms with van der Waals surface area (Å²) in [5.74, 6) is 1.02. The minimum Gasteiger partial charge on any atom is -0.341 e. The zero-order valence-electron chi connectivity index (χ0n) is 9.59. The molecular formula is C12H17N3O. The van der Waals surface area contributed by atoms with Crippen LogP contribution in [-0.4, -0.2) is 29.3 Å². The van der Waals surface area contributed by atoms with E-state index in [1.165, 1.54) is 0 Å². The molecular weight excluding hydrogens is 202 g/mol. The summed E-state index contributed by atoms with van der Waals surface area (Å²) >= 11 is 0. The van der Waals surface area contributed by atoms with Crippen molar-refractivity contribution in [3.8, 4) is 0 Å². The van der Waals surface area contributed by atoms with Crippen LogP contribution in [0.2, 0.25) is 0 Å². The molecule has 1 fully saturated rings. The zero-order chi connectivity index (χ0) is 11.4. The molecule has 0 amide bonds. The second-order valence-corrected chi connectivity index (χ2v) is 4.21. The number of rotatable bonds is 3. The summed E-state index contributed by atoms with van der Waals surface area (Å²) in [6, 6.07) is 0. The number of aromatic nitrogens is 2. The third-order valence-electron chi connectivity index (χ3n) is 3.11. The van der Waals surface area contributed by atoms with E-state index in [2.05, 4.69) is 21.8 Å². The fourth-order valence-corrected chi connectivity index (χ4v) is 1.93. The molecule has 0 spiro atoms. The lowest BCUT2D eigenvalue weighted by atomic mass is 9.99. The Morgan fingerprint density at radius 1 is 1.38 bits per heavy atom. The Morgan fingerprint density at radius 3 is 2.50 bits per heavy atom. The van der Waals surface area contributed by atoms with Crippen LogP contribution in [-0.2, 0) is 11.2 Å². The molecule has 0 saturated carbocycles. The molecule has 2 heterocycles. The summed E-state index contributed by atoms with van der Waals surface area (Å²) in [5.41, 5.74) is 1.16. The first-order chi connectivity index (χ1) is 7.83. The average molecular weight is 219 g/mol. The number of hydrogen-bond donors (Lipinski definition) is 0. The van der Waals surface area contributed by atoms with E-state index >= 15 is 0 Å². The van der Waals surface area contributed by atoms with E-state index in [0.29, 0.717) is 0 Å². The van der Waals surface area contributed by atoms with Crippen LogP contribution in [0.3, 0.4) is 0 Å². The monoisotopic (exact) mass is 219 g/mol. The quantitative estimate of drug-likeness (QED) is 0.722. The number of aldehydes is 1. The van der Waals surface area contributed by atoms with Crippen molar-refractivity contribution >= 4 is 12.2 Å². The topological polar surface area (TPSA) is 46.1 Å². The highest BCUT2D eigenvalue weighted by Crippen LogP contribution is 2.18. The molecule has 1 aromatic heterocycles. The van der Waals surface area contributed by atoms with Gasteiger partial charge in [-0.3, -0.25) is 0 Å². The number of anilines is 1. The molecule has 0 bridgehead atoms. The third-order valence-corrected chi connectivity index (χ3v) is 3.11. The molecule has 1 aliphatic heterocycles. The van der Waals surface area contributed by atoms with Crippen molar-refractivity contribution in [3.63, 3.8) is 0 Å². The highest BCUT2D eigenvalue weighted by molar-refractivity contribution is 5.54. The highest BCUT2D eigenvalue weighted by Gasteiger charge is 2.19. The Kier molecular flexibility index (Phi) is 3.49. The van der Waals surface area contributed by atoms with Crippen LogP contribution in [0.25, 0.3) is 0 Å². The number of carbonyl (C=O) groups excluding carboxylic acids is 1. The molecule has 0 atom stereocenters. The fraction of sp³-hybridized carbons (Fsp3) is 0.583. The van der Waals surface area contributed by atoms with Crippen LogP contribution in [0.4, 0.5) is 5.95 Å². The van der Waals surface area contributed by atoms with Gasteiger partial charge in [-0.2, -0.15) is 0 Å². The summed E-state index contributed by atoms with van der Waals surface area (Å²) in [6.07, 6.45) is 7.64. The highest BCUT2D eigenvalue weighted by atomic mass is 16.1. The van der Waals surface area contributed by atoms with Crippen molar-refractivity contribution in [2.45, 2.75) is 26.2 Å². The van der Waals surface area contributed by atoms with Gasteiger partial charge in [0.1, 0.15) is 6.29 Å². The lowest BCUT2D eigenvalue weighted by Gasteiger charge is -2.29. The average Bonchev–Trinajstić information content (AvgIpc) is 2.39. The number of carbonyl (C=O) groups is 1. The van der Waals surface area contributed by atoms with Gasteiger partial charge in [-0.05, 0) is 24.8 Å². The Hall–Kier alpha value is -1.45. The van der Waals surface area contributed by atoms with Gasteiger partial charge in [0.25, 0.3) is 0 Å². The van der Waals surface area contributed by atoms with Crippen LogP contribution >= 0.6 is 0 Å². The van der Waals surface area contributed by atoms with E-state index < -0.39 is 0 Å². The molecule has 1 aliphatic rings. The first kappa shape index (κ1) is 11.0. The number of nitrogens with zero attached hydrogens (tertiary/aromatic N) is 3. The summed E-state index contributed by atoms with van der Waals surface area (Å²) in [6.45, 7) is 3.86. The van der Waals surface area contributed by atoms with Gasteiger partial charge in [0.05, 0.1) is 0 Å². The van der Waals surface area contributed by atoms with Crippen LogP contribution in [0.5, 0.6) is 0 Å². The zero-order valence-corrected chi connectivity index (χ0v) is 9.59. The molecule has 16 heavy (non-hydrogen) atoms. The Labute approximate surface area is 95.7 Å². The standard InChI is InChI=1S/C12H17N3O/c1-2-10-7-13-12(14-8-10)15-5-3-11(9-16)4-6-15/h7-9,11H,2-6H2,1H3. The minimum absolute atomic E-state index is 0.228. The minimum atomic E-state index is 0.228. The van der Waals surface area contributed by atoms with Gasteiger partial charge in [0.2, 0.25) is 5.95 Å². The lowest BCUT2D eigenvalue weighted by Crippen LogP contribution is -2.35. The molecule has 4 heteroatoms. The first-order valence-corrected chi connectivity index (χ1v) is 5.84. The van der Waals surface area contributed by atoms with E-state index in [0.717, 1.165) is 50.1 Å². The van der Waals surface area contributed by atoms with Gasteiger partial charge in [-0.15, -0.1) is 0 Å². The summed E-state index contributed by atoms with van der Waals surface area (Å²) < 4.78 is 0. The van der Waals surface area contributed by atoms with E-state index in [9.17, 15) is 4.79 Å². The van der Waals surface area contributed by atoms with Gasteiger partial charge in [-0.25, -0.2) is 9.97 Å². The van der Waals surface area contributed by atoms with Crippen LogP contribution in [0.15, 0.2) is 12.4 Å². The molecule has 0 N–H and O–H groups in total.